The summed E-state index contributed by atoms with van der Waals surface area (Å²) >= 11 is 0. The van der Waals surface area contributed by atoms with Gasteiger partial charge in [0.05, 0.1) is 5.41 Å². The molecule has 0 unspecified atom stereocenters. The predicted octanol–water partition coefficient (Wildman–Crippen LogP) is 1.31. The standard InChI is InChI=1S/C13H19N3O3/c1-13(2,12(18)19)8-15-9-5-6-14-10(7-9)11(17)16(3)4/h5-7H,8H2,1-4H3,(H,14,15)(H,18,19). The molecule has 0 aromatic carbocycles. The zero-order chi connectivity index (χ0) is 14.6. The van der Waals surface area contributed by atoms with Crippen molar-refractivity contribution >= 4 is 17.6 Å². The second-order valence-corrected chi connectivity index (χ2v) is 5.17. The molecule has 1 amide bonds. The van der Waals surface area contributed by atoms with Crippen LogP contribution in [0.4, 0.5) is 5.69 Å². The Morgan fingerprint density at radius 1 is 1.42 bits per heavy atom. The van der Waals surface area contributed by atoms with Crippen LogP contribution in [-0.2, 0) is 4.79 Å². The summed E-state index contributed by atoms with van der Waals surface area (Å²) in [5, 5.41) is 12.0. The van der Waals surface area contributed by atoms with Crippen molar-refractivity contribution in [2.45, 2.75) is 13.8 Å². The van der Waals surface area contributed by atoms with E-state index in [1.807, 2.05) is 0 Å². The summed E-state index contributed by atoms with van der Waals surface area (Å²) in [7, 11) is 3.30. The number of nitrogens with zero attached hydrogens (tertiary/aromatic N) is 2. The maximum absolute atomic E-state index is 11.7. The van der Waals surface area contributed by atoms with Gasteiger partial charge in [-0.3, -0.25) is 14.6 Å². The first-order valence-electron chi connectivity index (χ1n) is 5.89. The van der Waals surface area contributed by atoms with Crippen molar-refractivity contribution in [2.75, 3.05) is 26.0 Å². The maximum atomic E-state index is 11.7. The Labute approximate surface area is 112 Å². The quantitative estimate of drug-likeness (QED) is 0.838. The van der Waals surface area contributed by atoms with Gasteiger partial charge in [0.15, 0.2) is 0 Å². The van der Waals surface area contributed by atoms with Gasteiger partial charge in [-0.25, -0.2) is 0 Å². The van der Waals surface area contributed by atoms with Gasteiger partial charge in [-0.1, -0.05) is 0 Å². The van der Waals surface area contributed by atoms with E-state index in [0.29, 0.717) is 11.4 Å². The number of aromatic nitrogens is 1. The fraction of sp³-hybridized carbons (Fsp3) is 0.462. The van der Waals surface area contributed by atoms with E-state index in [1.165, 1.54) is 11.1 Å². The van der Waals surface area contributed by atoms with E-state index in [4.69, 9.17) is 5.11 Å². The van der Waals surface area contributed by atoms with Crippen LogP contribution in [-0.4, -0.2) is 47.5 Å². The van der Waals surface area contributed by atoms with Crippen molar-refractivity contribution in [3.63, 3.8) is 0 Å². The van der Waals surface area contributed by atoms with Gasteiger partial charge in [0.1, 0.15) is 5.69 Å². The van der Waals surface area contributed by atoms with E-state index in [1.54, 1.807) is 40.1 Å². The third kappa shape index (κ3) is 3.94. The molecule has 0 radical (unpaired) electrons. The largest absolute Gasteiger partial charge is 0.481 e. The molecule has 0 saturated heterocycles. The zero-order valence-corrected chi connectivity index (χ0v) is 11.6. The molecule has 1 aromatic rings. The molecule has 0 aliphatic rings. The first-order chi connectivity index (χ1) is 8.74. The van der Waals surface area contributed by atoms with Crippen molar-refractivity contribution < 1.29 is 14.7 Å². The number of carbonyl (C=O) groups is 2. The SMILES string of the molecule is CN(C)C(=O)c1cc(NCC(C)(C)C(=O)O)ccn1. The Balaban J connectivity index is 2.79. The van der Waals surface area contributed by atoms with Gasteiger partial charge in [0, 0.05) is 32.5 Å². The molecular formula is C13H19N3O3. The van der Waals surface area contributed by atoms with Crippen molar-refractivity contribution in [2.24, 2.45) is 5.41 Å². The third-order valence-electron chi connectivity index (χ3n) is 2.70. The van der Waals surface area contributed by atoms with E-state index in [0.717, 1.165) is 0 Å². The van der Waals surface area contributed by atoms with Crippen LogP contribution < -0.4 is 5.32 Å². The summed E-state index contributed by atoms with van der Waals surface area (Å²) in [6.07, 6.45) is 1.52. The maximum Gasteiger partial charge on any atom is 0.310 e. The number of carboxylic acids is 1. The van der Waals surface area contributed by atoms with Gasteiger partial charge in [0.25, 0.3) is 5.91 Å². The van der Waals surface area contributed by atoms with Crippen molar-refractivity contribution in [1.29, 1.82) is 0 Å². The lowest BCUT2D eigenvalue weighted by molar-refractivity contribution is -0.146. The topological polar surface area (TPSA) is 82.5 Å². The number of carboxylic acid groups (broad SMARTS) is 1. The molecule has 0 fully saturated rings. The number of carbonyl (C=O) groups excluding carboxylic acids is 1. The molecule has 1 heterocycles. The highest BCUT2D eigenvalue weighted by atomic mass is 16.4. The van der Waals surface area contributed by atoms with E-state index < -0.39 is 11.4 Å². The van der Waals surface area contributed by atoms with Crippen LogP contribution in [0, 0.1) is 5.41 Å². The zero-order valence-electron chi connectivity index (χ0n) is 11.6. The molecule has 2 N–H and O–H groups in total. The molecule has 0 aliphatic heterocycles. The molecule has 1 aromatic heterocycles. The lowest BCUT2D eigenvalue weighted by Crippen LogP contribution is -2.31. The molecule has 104 valence electrons. The lowest BCUT2D eigenvalue weighted by Gasteiger charge is -2.20. The normalized spacial score (nSPS) is 10.9. The molecule has 19 heavy (non-hydrogen) atoms. The van der Waals surface area contributed by atoms with E-state index in [9.17, 15) is 9.59 Å². The van der Waals surface area contributed by atoms with Crippen molar-refractivity contribution in [3.05, 3.63) is 24.0 Å². The summed E-state index contributed by atoms with van der Waals surface area (Å²) < 4.78 is 0. The number of hydrogen-bond acceptors (Lipinski definition) is 4. The first-order valence-corrected chi connectivity index (χ1v) is 5.89. The Hall–Kier alpha value is -2.11. The smallest absolute Gasteiger partial charge is 0.310 e. The minimum absolute atomic E-state index is 0.193. The summed E-state index contributed by atoms with van der Waals surface area (Å²) in [6.45, 7) is 3.53. The number of aliphatic carboxylic acids is 1. The van der Waals surface area contributed by atoms with Crippen molar-refractivity contribution in [1.82, 2.24) is 9.88 Å². The number of pyridine rings is 1. The van der Waals surface area contributed by atoms with Gasteiger partial charge >= 0.3 is 5.97 Å². The van der Waals surface area contributed by atoms with Crippen LogP contribution in [0.2, 0.25) is 0 Å². The van der Waals surface area contributed by atoms with Gasteiger partial charge in [0.2, 0.25) is 0 Å². The second-order valence-electron chi connectivity index (χ2n) is 5.17. The van der Waals surface area contributed by atoms with E-state index >= 15 is 0 Å². The number of hydrogen-bond donors (Lipinski definition) is 2. The van der Waals surface area contributed by atoms with Gasteiger partial charge in [-0.15, -0.1) is 0 Å². The summed E-state index contributed by atoms with van der Waals surface area (Å²) in [5.41, 5.74) is 0.118. The molecule has 0 atom stereocenters. The fourth-order valence-corrected chi connectivity index (χ4v) is 1.29. The lowest BCUT2D eigenvalue weighted by atomic mass is 9.94. The monoisotopic (exact) mass is 265 g/mol. The fourth-order valence-electron chi connectivity index (χ4n) is 1.29. The number of nitrogens with one attached hydrogen (secondary N) is 1. The molecule has 0 spiro atoms. The predicted molar refractivity (Wildman–Crippen MR) is 72.2 cm³/mol. The molecule has 0 aliphatic carbocycles. The Kier molecular flexibility index (Phi) is 4.47. The first kappa shape index (κ1) is 14.9. The molecule has 0 bridgehead atoms. The molecule has 6 heteroatoms. The number of rotatable bonds is 5. The highest BCUT2D eigenvalue weighted by Gasteiger charge is 2.26. The summed E-state index contributed by atoms with van der Waals surface area (Å²) in [6, 6.07) is 3.31. The van der Waals surface area contributed by atoms with Crippen LogP contribution in [0.5, 0.6) is 0 Å². The van der Waals surface area contributed by atoms with E-state index in [2.05, 4.69) is 10.3 Å². The molecule has 6 nitrogen and oxygen atoms in total. The minimum Gasteiger partial charge on any atom is -0.481 e. The van der Waals surface area contributed by atoms with Gasteiger partial charge in [-0.05, 0) is 26.0 Å². The van der Waals surface area contributed by atoms with Crippen LogP contribution in [0.25, 0.3) is 0 Å². The summed E-state index contributed by atoms with van der Waals surface area (Å²) in [5.74, 6) is -1.07. The average molecular weight is 265 g/mol. The van der Waals surface area contributed by atoms with Gasteiger partial charge < -0.3 is 15.3 Å². The van der Waals surface area contributed by atoms with Crippen LogP contribution in [0.3, 0.4) is 0 Å². The van der Waals surface area contributed by atoms with E-state index in [-0.39, 0.29) is 12.5 Å². The average Bonchev–Trinajstić information content (AvgIpc) is 2.35. The highest BCUT2D eigenvalue weighted by Crippen LogP contribution is 2.17. The van der Waals surface area contributed by atoms with Crippen molar-refractivity contribution in [3.8, 4) is 0 Å². The minimum atomic E-state index is -0.880. The Morgan fingerprint density at radius 3 is 2.58 bits per heavy atom. The third-order valence-corrected chi connectivity index (χ3v) is 2.70. The van der Waals surface area contributed by atoms with Crippen LogP contribution >= 0.6 is 0 Å². The Morgan fingerprint density at radius 2 is 2.05 bits per heavy atom. The molecule has 1 rings (SSSR count). The molecule has 0 saturated carbocycles. The Bertz CT molecular complexity index is 484. The van der Waals surface area contributed by atoms with Crippen LogP contribution in [0.1, 0.15) is 24.3 Å². The van der Waals surface area contributed by atoms with Gasteiger partial charge in [-0.2, -0.15) is 0 Å². The highest BCUT2D eigenvalue weighted by molar-refractivity contribution is 5.92. The molecular weight excluding hydrogens is 246 g/mol. The second kappa shape index (κ2) is 5.69. The number of anilines is 1. The number of amides is 1. The summed E-state index contributed by atoms with van der Waals surface area (Å²) in [4.78, 5) is 28.2. The van der Waals surface area contributed by atoms with Crippen LogP contribution in [0.15, 0.2) is 18.3 Å².